The van der Waals surface area contributed by atoms with Crippen LogP contribution in [0.25, 0.3) is 0 Å². The molecule has 1 aliphatic carbocycles. The van der Waals surface area contributed by atoms with Crippen LogP contribution in [0.3, 0.4) is 0 Å². The Morgan fingerprint density at radius 2 is 1.73 bits per heavy atom. The summed E-state index contributed by atoms with van der Waals surface area (Å²) in [7, 11) is 0. The Hall–Kier alpha value is -0.720. The minimum absolute atomic E-state index is 1.05. The Bertz CT molecular complexity index is 175. The molecule has 0 radical (unpaired) electrons. The normalized spacial score (nSPS) is 16.9. The molecule has 0 heterocycles. The fourth-order valence-electron chi connectivity index (χ4n) is 1.06. The zero-order chi connectivity index (χ0) is 8.85. The predicted molar refractivity (Wildman–Crippen MR) is 51.2 cm³/mol. The van der Waals surface area contributed by atoms with Crippen LogP contribution in [0.15, 0.2) is 22.9 Å². The van der Waals surface area contributed by atoms with Crippen LogP contribution in [0, 0.1) is 0 Å². The Kier molecular flexibility index (Phi) is 4.67. The van der Waals surface area contributed by atoms with Crippen LogP contribution in [0.2, 0.25) is 0 Å². The molecule has 2 N–H and O–H groups in total. The smallest absolute Gasteiger partial charge is 0.0113 e. The second-order valence-corrected chi connectivity index (χ2v) is 2.70. The molecule has 1 rings (SSSR count). The number of rotatable bonds is 0. The minimum atomic E-state index is 1.05. The van der Waals surface area contributed by atoms with Gasteiger partial charge in [-0.15, -0.1) is 0 Å². The molecule has 1 aliphatic rings. The molecule has 0 atom stereocenters. The van der Waals surface area contributed by atoms with Crippen LogP contribution in [0.4, 0.5) is 0 Å². The zero-order valence-electron chi connectivity index (χ0n) is 8.07. The van der Waals surface area contributed by atoms with E-state index < -0.39 is 0 Å². The van der Waals surface area contributed by atoms with Gasteiger partial charge in [-0.2, -0.15) is 0 Å². The molecule has 0 aromatic rings. The Morgan fingerprint density at radius 1 is 1.18 bits per heavy atom. The van der Waals surface area contributed by atoms with Crippen LogP contribution in [0.5, 0.6) is 0 Å². The average Bonchev–Trinajstić information content (AvgIpc) is 2.02. The maximum atomic E-state index is 5.68. The van der Waals surface area contributed by atoms with E-state index in [9.17, 15) is 0 Å². The number of nitrogens with two attached hydrogens (primary N) is 1. The van der Waals surface area contributed by atoms with Crippen LogP contribution in [-0.4, -0.2) is 0 Å². The van der Waals surface area contributed by atoms with Gasteiger partial charge in [-0.25, -0.2) is 0 Å². The topological polar surface area (TPSA) is 26.0 Å². The van der Waals surface area contributed by atoms with Crippen molar-refractivity contribution in [2.45, 2.75) is 40.5 Å². The highest BCUT2D eigenvalue weighted by molar-refractivity contribution is 5.29. The van der Waals surface area contributed by atoms with E-state index in [4.69, 9.17) is 5.73 Å². The monoisotopic (exact) mass is 153 g/mol. The van der Waals surface area contributed by atoms with Gasteiger partial charge < -0.3 is 5.73 Å². The molecule has 0 saturated heterocycles. The molecular formula is C10H19N. The first-order valence-corrected chi connectivity index (χ1v) is 4.32. The van der Waals surface area contributed by atoms with Crippen molar-refractivity contribution in [3.8, 4) is 0 Å². The summed E-state index contributed by atoms with van der Waals surface area (Å²) >= 11 is 0. The van der Waals surface area contributed by atoms with Gasteiger partial charge in [-0.05, 0) is 32.3 Å². The molecule has 11 heavy (non-hydrogen) atoms. The summed E-state index contributed by atoms with van der Waals surface area (Å²) in [5.74, 6) is 0. The Morgan fingerprint density at radius 3 is 2.09 bits per heavy atom. The second-order valence-electron chi connectivity index (χ2n) is 2.70. The van der Waals surface area contributed by atoms with Gasteiger partial charge in [-0.1, -0.05) is 25.5 Å². The van der Waals surface area contributed by atoms with Gasteiger partial charge in [0.05, 0.1) is 0 Å². The summed E-state index contributed by atoms with van der Waals surface area (Å²) in [4.78, 5) is 0. The van der Waals surface area contributed by atoms with Crippen molar-refractivity contribution in [3.05, 3.63) is 22.9 Å². The molecule has 0 unspecified atom stereocenters. The second kappa shape index (κ2) is 5.00. The van der Waals surface area contributed by atoms with Crippen molar-refractivity contribution in [2.24, 2.45) is 5.73 Å². The largest absolute Gasteiger partial charge is 0.402 e. The van der Waals surface area contributed by atoms with Gasteiger partial charge in [0, 0.05) is 5.70 Å². The zero-order valence-corrected chi connectivity index (χ0v) is 8.07. The van der Waals surface area contributed by atoms with Gasteiger partial charge >= 0.3 is 0 Å². The lowest BCUT2D eigenvalue weighted by Gasteiger charge is -2.11. The van der Waals surface area contributed by atoms with Crippen molar-refractivity contribution in [1.29, 1.82) is 0 Å². The van der Waals surface area contributed by atoms with Gasteiger partial charge in [0.2, 0.25) is 0 Å². The maximum absolute atomic E-state index is 5.68. The summed E-state index contributed by atoms with van der Waals surface area (Å²) in [6.45, 7) is 8.22. The number of hydrogen-bond donors (Lipinski definition) is 1. The average molecular weight is 153 g/mol. The third kappa shape index (κ3) is 3.26. The van der Waals surface area contributed by atoms with Gasteiger partial charge in [0.15, 0.2) is 0 Å². The van der Waals surface area contributed by atoms with Gasteiger partial charge in [0.25, 0.3) is 0 Å². The number of hydrogen-bond acceptors (Lipinski definition) is 1. The molecular weight excluding hydrogens is 134 g/mol. The highest BCUT2D eigenvalue weighted by Gasteiger charge is 2.02. The first-order valence-electron chi connectivity index (χ1n) is 4.32. The van der Waals surface area contributed by atoms with Gasteiger partial charge in [0.1, 0.15) is 0 Å². The van der Waals surface area contributed by atoms with Gasteiger partial charge in [-0.3, -0.25) is 0 Å². The Balaban J connectivity index is 0.000000461. The van der Waals surface area contributed by atoms with Crippen LogP contribution >= 0.6 is 0 Å². The predicted octanol–water partition coefficient (Wildman–Crippen LogP) is 2.99. The van der Waals surface area contributed by atoms with E-state index in [1.165, 1.54) is 11.1 Å². The molecule has 0 aromatic carbocycles. The van der Waals surface area contributed by atoms with Crippen LogP contribution in [-0.2, 0) is 0 Å². The van der Waals surface area contributed by atoms with Crippen molar-refractivity contribution in [2.75, 3.05) is 0 Å². The van der Waals surface area contributed by atoms with E-state index in [2.05, 4.69) is 19.9 Å². The highest BCUT2D eigenvalue weighted by Crippen LogP contribution is 2.19. The molecule has 0 saturated carbocycles. The highest BCUT2D eigenvalue weighted by atomic mass is 14.6. The van der Waals surface area contributed by atoms with Crippen molar-refractivity contribution < 1.29 is 0 Å². The molecule has 0 spiro atoms. The summed E-state index contributed by atoms with van der Waals surface area (Å²) < 4.78 is 0. The van der Waals surface area contributed by atoms with E-state index in [0.29, 0.717) is 0 Å². The fraction of sp³-hybridized carbons (Fsp3) is 0.600. The molecule has 0 aliphatic heterocycles. The SMILES string of the molecule is CC.CC1=CC(C)=C(N)CC1. The van der Waals surface area contributed by atoms with Crippen molar-refractivity contribution >= 4 is 0 Å². The third-order valence-corrected chi connectivity index (χ3v) is 1.76. The van der Waals surface area contributed by atoms with E-state index in [0.717, 1.165) is 18.5 Å². The van der Waals surface area contributed by atoms with E-state index in [1.807, 2.05) is 13.8 Å². The molecule has 0 fully saturated rings. The summed E-state index contributed by atoms with van der Waals surface area (Å²) in [5, 5.41) is 0. The first kappa shape index (κ1) is 10.3. The summed E-state index contributed by atoms with van der Waals surface area (Å²) in [5.41, 5.74) is 9.43. The lowest BCUT2D eigenvalue weighted by Crippen LogP contribution is -2.04. The Labute approximate surface area is 70.0 Å². The lowest BCUT2D eigenvalue weighted by atomic mass is 9.99. The van der Waals surface area contributed by atoms with Crippen LogP contribution in [0.1, 0.15) is 40.5 Å². The van der Waals surface area contributed by atoms with E-state index >= 15 is 0 Å². The minimum Gasteiger partial charge on any atom is -0.402 e. The quantitative estimate of drug-likeness (QED) is 0.569. The molecule has 0 bridgehead atoms. The van der Waals surface area contributed by atoms with Crippen molar-refractivity contribution in [3.63, 3.8) is 0 Å². The fourth-order valence-corrected chi connectivity index (χ4v) is 1.06. The molecule has 0 amide bonds. The molecule has 1 heteroatoms. The maximum Gasteiger partial charge on any atom is 0.0113 e. The third-order valence-electron chi connectivity index (χ3n) is 1.76. The molecule has 1 nitrogen and oxygen atoms in total. The summed E-state index contributed by atoms with van der Waals surface area (Å²) in [6.07, 6.45) is 4.36. The first-order chi connectivity index (χ1) is 5.20. The van der Waals surface area contributed by atoms with Crippen molar-refractivity contribution in [1.82, 2.24) is 0 Å². The molecule has 64 valence electrons. The lowest BCUT2D eigenvalue weighted by molar-refractivity contribution is 0.873. The van der Waals surface area contributed by atoms with E-state index in [-0.39, 0.29) is 0 Å². The standard InChI is InChI=1S/C8H13N.C2H6/c1-6-3-4-8(9)7(2)5-6;1-2/h5H,3-4,9H2,1-2H3;1-2H3. The summed E-state index contributed by atoms with van der Waals surface area (Å²) in [6, 6.07) is 0. The van der Waals surface area contributed by atoms with Crippen LogP contribution < -0.4 is 5.73 Å². The van der Waals surface area contributed by atoms with E-state index in [1.54, 1.807) is 0 Å². The molecule has 0 aromatic heterocycles. The number of allylic oxidation sites excluding steroid dienone is 4.